The Morgan fingerprint density at radius 1 is 0.298 bits per heavy atom. The minimum atomic E-state index is 0.551. The third-order valence-corrected chi connectivity index (χ3v) is 10.9. The molecule has 0 amide bonds. The predicted molar refractivity (Wildman–Crippen MR) is 235 cm³/mol. The van der Waals surface area contributed by atoms with Crippen molar-refractivity contribution in [3.8, 4) is 67.5 Å². The van der Waals surface area contributed by atoms with Crippen LogP contribution in [-0.2, 0) is 0 Å². The zero-order valence-electron chi connectivity index (χ0n) is 30.8. The van der Waals surface area contributed by atoms with Gasteiger partial charge in [0, 0.05) is 21.9 Å². The van der Waals surface area contributed by atoms with E-state index in [4.69, 9.17) is 19.4 Å². The van der Waals surface area contributed by atoms with Crippen LogP contribution in [0.3, 0.4) is 0 Å². The van der Waals surface area contributed by atoms with Crippen molar-refractivity contribution in [2.24, 2.45) is 0 Å². The summed E-state index contributed by atoms with van der Waals surface area (Å²) in [7, 11) is 0. The van der Waals surface area contributed by atoms with Gasteiger partial charge in [-0.2, -0.15) is 0 Å². The van der Waals surface area contributed by atoms with E-state index in [0.717, 1.165) is 77.2 Å². The zero-order chi connectivity index (χ0) is 37.7. The first kappa shape index (κ1) is 32.7. The molecule has 0 aliphatic carbocycles. The van der Waals surface area contributed by atoms with Gasteiger partial charge in [-0.05, 0) is 79.2 Å². The molecule has 0 saturated heterocycles. The van der Waals surface area contributed by atoms with Crippen LogP contribution in [0.25, 0.3) is 111 Å². The van der Waals surface area contributed by atoms with Crippen LogP contribution in [0.4, 0.5) is 0 Å². The quantitative estimate of drug-likeness (QED) is 0.171. The van der Waals surface area contributed by atoms with Crippen LogP contribution in [-0.4, -0.2) is 15.0 Å². The number of aromatic nitrogens is 3. The van der Waals surface area contributed by atoms with E-state index < -0.39 is 0 Å². The molecule has 0 atom stereocenters. The van der Waals surface area contributed by atoms with Gasteiger partial charge in [-0.3, -0.25) is 0 Å². The number of fused-ring (bicyclic) bond motifs is 6. The standard InChI is InChI=1S/C53H33N3O/c1-3-12-34(13-4-1)41-19-11-20-43(33-41)45-29-30-46(50-49(45)48-44-21-10-9-15-37(44)28-31-47(48)57-50)53-55-51(38-16-5-2-6-17-38)54-52(56-53)39-25-22-36(23-26-39)42-27-24-35-14-7-8-18-40(35)32-42/h1-33H. The number of hydrogen-bond acceptors (Lipinski definition) is 4. The van der Waals surface area contributed by atoms with E-state index >= 15 is 0 Å². The maximum absolute atomic E-state index is 6.91. The summed E-state index contributed by atoms with van der Waals surface area (Å²) in [6, 6.07) is 69.9. The van der Waals surface area contributed by atoms with E-state index in [1.807, 2.05) is 30.3 Å². The molecular weight excluding hydrogens is 695 g/mol. The Kier molecular flexibility index (Phi) is 7.78. The van der Waals surface area contributed by atoms with E-state index in [-0.39, 0.29) is 0 Å². The molecule has 2 aromatic heterocycles. The normalized spacial score (nSPS) is 11.5. The van der Waals surface area contributed by atoms with Crippen LogP contribution in [0.1, 0.15) is 0 Å². The Balaban J connectivity index is 1.11. The number of benzene rings is 9. The van der Waals surface area contributed by atoms with Gasteiger partial charge in [0.25, 0.3) is 0 Å². The van der Waals surface area contributed by atoms with E-state index in [2.05, 4.69) is 170 Å². The molecule has 2 heterocycles. The highest BCUT2D eigenvalue weighted by atomic mass is 16.3. The Morgan fingerprint density at radius 2 is 0.825 bits per heavy atom. The Bertz CT molecular complexity index is 3280. The fourth-order valence-electron chi connectivity index (χ4n) is 8.08. The fourth-order valence-corrected chi connectivity index (χ4v) is 8.08. The fraction of sp³-hybridized carbons (Fsp3) is 0. The van der Waals surface area contributed by atoms with E-state index in [1.54, 1.807) is 0 Å². The Labute approximate surface area is 329 Å². The van der Waals surface area contributed by atoms with Gasteiger partial charge < -0.3 is 4.42 Å². The molecule has 0 N–H and O–H groups in total. The molecule has 0 bridgehead atoms. The van der Waals surface area contributed by atoms with Gasteiger partial charge in [-0.25, -0.2) is 15.0 Å². The molecule has 4 heteroatoms. The first-order chi connectivity index (χ1) is 28.2. The Hall–Kier alpha value is -7.69. The van der Waals surface area contributed by atoms with Crippen molar-refractivity contribution in [2.75, 3.05) is 0 Å². The molecule has 0 spiro atoms. The lowest BCUT2D eigenvalue weighted by Crippen LogP contribution is -2.00. The predicted octanol–water partition coefficient (Wildman–Crippen LogP) is 14.1. The summed E-state index contributed by atoms with van der Waals surface area (Å²) in [4.78, 5) is 15.4. The molecule has 0 aliphatic heterocycles. The lowest BCUT2D eigenvalue weighted by atomic mass is 9.93. The van der Waals surface area contributed by atoms with Gasteiger partial charge in [0.05, 0.1) is 5.56 Å². The third kappa shape index (κ3) is 5.83. The first-order valence-corrected chi connectivity index (χ1v) is 19.2. The van der Waals surface area contributed by atoms with Crippen molar-refractivity contribution < 1.29 is 4.42 Å². The van der Waals surface area contributed by atoms with Gasteiger partial charge in [0.15, 0.2) is 17.5 Å². The van der Waals surface area contributed by atoms with Crippen molar-refractivity contribution in [3.05, 3.63) is 200 Å². The minimum Gasteiger partial charge on any atom is -0.455 e. The lowest BCUT2D eigenvalue weighted by Gasteiger charge is -2.12. The summed E-state index contributed by atoms with van der Waals surface area (Å²) < 4.78 is 6.91. The van der Waals surface area contributed by atoms with Crippen molar-refractivity contribution in [2.45, 2.75) is 0 Å². The van der Waals surface area contributed by atoms with Crippen LogP contribution in [0.15, 0.2) is 205 Å². The van der Waals surface area contributed by atoms with Crippen molar-refractivity contribution >= 4 is 43.5 Å². The molecule has 11 aromatic rings. The average Bonchev–Trinajstić information content (AvgIpc) is 3.70. The molecule has 9 aromatic carbocycles. The highest BCUT2D eigenvalue weighted by molar-refractivity contribution is 6.24. The van der Waals surface area contributed by atoms with E-state index in [0.29, 0.717) is 17.5 Å². The summed E-state index contributed by atoms with van der Waals surface area (Å²) in [5.41, 5.74) is 11.0. The van der Waals surface area contributed by atoms with Crippen molar-refractivity contribution in [3.63, 3.8) is 0 Å². The van der Waals surface area contributed by atoms with E-state index in [1.165, 1.54) is 16.3 Å². The third-order valence-electron chi connectivity index (χ3n) is 10.9. The molecular formula is C53H33N3O. The highest BCUT2D eigenvalue weighted by Gasteiger charge is 2.22. The van der Waals surface area contributed by atoms with Crippen LogP contribution >= 0.6 is 0 Å². The van der Waals surface area contributed by atoms with Crippen LogP contribution in [0, 0.1) is 0 Å². The van der Waals surface area contributed by atoms with Gasteiger partial charge >= 0.3 is 0 Å². The molecule has 4 nitrogen and oxygen atoms in total. The smallest absolute Gasteiger partial charge is 0.167 e. The molecule has 0 fully saturated rings. The van der Waals surface area contributed by atoms with Crippen molar-refractivity contribution in [1.29, 1.82) is 0 Å². The van der Waals surface area contributed by atoms with Gasteiger partial charge in [-0.1, -0.05) is 176 Å². The largest absolute Gasteiger partial charge is 0.455 e. The lowest BCUT2D eigenvalue weighted by molar-refractivity contribution is 0.670. The summed E-state index contributed by atoms with van der Waals surface area (Å²) >= 11 is 0. The molecule has 266 valence electrons. The molecule has 0 aliphatic rings. The monoisotopic (exact) mass is 727 g/mol. The second-order valence-corrected chi connectivity index (χ2v) is 14.4. The highest BCUT2D eigenvalue weighted by Crippen LogP contribution is 2.44. The molecule has 0 radical (unpaired) electrons. The van der Waals surface area contributed by atoms with E-state index in [9.17, 15) is 0 Å². The molecule has 0 saturated carbocycles. The molecule has 57 heavy (non-hydrogen) atoms. The number of furan rings is 1. The summed E-state index contributed by atoms with van der Waals surface area (Å²) in [6.07, 6.45) is 0. The minimum absolute atomic E-state index is 0.551. The second kappa shape index (κ2) is 13.6. The summed E-state index contributed by atoms with van der Waals surface area (Å²) in [5.74, 6) is 1.75. The second-order valence-electron chi connectivity index (χ2n) is 14.4. The average molecular weight is 728 g/mol. The maximum Gasteiger partial charge on any atom is 0.167 e. The van der Waals surface area contributed by atoms with Gasteiger partial charge in [0.2, 0.25) is 0 Å². The molecule has 11 rings (SSSR count). The molecule has 0 unspecified atom stereocenters. The summed E-state index contributed by atoms with van der Waals surface area (Å²) in [6.45, 7) is 0. The van der Waals surface area contributed by atoms with Crippen LogP contribution in [0.2, 0.25) is 0 Å². The number of rotatable bonds is 6. The number of hydrogen-bond donors (Lipinski definition) is 0. The topological polar surface area (TPSA) is 51.8 Å². The van der Waals surface area contributed by atoms with Gasteiger partial charge in [-0.15, -0.1) is 0 Å². The summed E-state index contributed by atoms with van der Waals surface area (Å²) in [5, 5.41) is 6.85. The van der Waals surface area contributed by atoms with Crippen LogP contribution < -0.4 is 0 Å². The van der Waals surface area contributed by atoms with Gasteiger partial charge in [0.1, 0.15) is 11.2 Å². The van der Waals surface area contributed by atoms with Crippen molar-refractivity contribution in [1.82, 2.24) is 15.0 Å². The maximum atomic E-state index is 6.91. The SMILES string of the molecule is c1ccc(-c2cccc(-c3ccc(-c4nc(-c5ccccc5)nc(-c5ccc(-c6ccc7ccccc7c6)cc5)n4)c4oc5ccc6ccccc6c5c34)c2)cc1. The number of nitrogens with zero attached hydrogens (tertiary/aromatic N) is 3. The zero-order valence-corrected chi connectivity index (χ0v) is 30.8. The van der Waals surface area contributed by atoms with Crippen LogP contribution in [0.5, 0.6) is 0 Å². The first-order valence-electron chi connectivity index (χ1n) is 19.2. The Morgan fingerprint density at radius 3 is 1.61 bits per heavy atom.